The van der Waals surface area contributed by atoms with Gasteiger partial charge in [0.05, 0.1) is 5.69 Å². The maximum atomic E-state index is 12.0. The summed E-state index contributed by atoms with van der Waals surface area (Å²) in [5, 5.41) is 2.12. The maximum Gasteiger partial charge on any atom is 0.315 e. The van der Waals surface area contributed by atoms with Crippen LogP contribution in [0.1, 0.15) is 5.56 Å². The zero-order valence-corrected chi connectivity index (χ0v) is 10.8. The molecule has 1 N–H and O–H groups in total. The fourth-order valence-electron chi connectivity index (χ4n) is 0.997. The third-order valence-electron chi connectivity index (χ3n) is 1.63. The van der Waals surface area contributed by atoms with Crippen molar-refractivity contribution >= 4 is 43.5 Å². The summed E-state index contributed by atoms with van der Waals surface area (Å²) in [6, 6.07) is 3.46. The first-order valence-electron chi connectivity index (χ1n) is 3.96. The highest BCUT2D eigenvalue weighted by atomic mass is 79.9. The molecule has 1 amide bonds. The number of alkyl halides is 2. The number of carbonyl (C=O) groups is 1. The van der Waals surface area contributed by atoms with E-state index in [1.807, 2.05) is 6.92 Å². The van der Waals surface area contributed by atoms with E-state index in [4.69, 9.17) is 0 Å². The first-order valence-corrected chi connectivity index (χ1v) is 5.55. The fraction of sp³-hybridized carbons (Fsp3) is 0.222. The second-order valence-electron chi connectivity index (χ2n) is 2.89. The van der Waals surface area contributed by atoms with Crippen LogP contribution in [0.15, 0.2) is 21.1 Å². The lowest BCUT2D eigenvalue weighted by Gasteiger charge is -2.10. The van der Waals surface area contributed by atoms with Crippen LogP contribution in [0.25, 0.3) is 0 Å². The van der Waals surface area contributed by atoms with E-state index in [-0.39, 0.29) is 0 Å². The first-order chi connectivity index (χ1) is 6.91. The molecule has 0 bridgehead atoms. The lowest BCUT2D eigenvalue weighted by Crippen LogP contribution is -2.20. The van der Waals surface area contributed by atoms with Gasteiger partial charge in [0.25, 0.3) is 5.91 Å². The lowest BCUT2D eigenvalue weighted by atomic mass is 10.2. The number of halogens is 4. The van der Waals surface area contributed by atoms with E-state index in [1.165, 1.54) is 0 Å². The molecule has 0 unspecified atom stereocenters. The summed E-state index contributed by atoms with van der Waals surface area (Å²) in [6.45, 7) is 1.86. The van der Waals surface area contributed by atoms with E-state index < -0.39 is 12.3 Å². The molecule has 0 aliphatic heterocycles. The SMILES string of the molecule is Cc1cc(Br)c(NC(=O)C(F)F)c(Br)c1. The van der Waals surface area contributed by atoms with Gasteiger partial charge in [-0.25, -0.2) is 0 Å². The van der Waals surface area contributed by atoms with Gasteiger partial charge in [-0.1, -0.05) is 0 Å². The number of nitrogens with one attached hydrogen (secondary N) is 1. The van der Waals surface area contributed by atoms with Gasteiger partial charge in [-0.15, -0.1) is 0 Å². The summed E-state index contributed by atoms with van der Waals surface area (Å²) >= 11 is 6.37. The summed E-state index contributed by atoms with van der Waals surface area (Å²) in [7, 11) is 0. The zero-order valence-electron chi connectivity index (χ0n) is 7.65. The second kappa shape index (κ2) is 5.03. The minimum absolute atomic E-state index is 0.311. The highest BCUT2D eigenvalue weighted by Crippen LogP contribution is 2.32. The van der Waals surface area contributed by atoms with Crippen LogP contribution in [0.2, 0.25) is 0 Å². The standard InChI is InChI=1S/C9H7Br2F2NO/c1-4-2-5(10)7(6(11)3-4)14-9(15)8(12)13/h2-3,8H,1H3,(H,14,15). The molecular weight excluding hydrogens is 336 g/mol. The van der Waals surface area contributed by atoms with Crippen molar-refractivity contribution in [2.75, 3.05) is 5.32 Å². The largest absolute Gasteiger partial charge is 0.319 e. The Morgan fingerprint density at radius 1 is 1.33 bits per heavy atom. The molecule has 15 heavy (non-hydrogen) atoms. The van der Waals surface area contributed by atoms with Crippen LogP contribution in [0, 0.1) is 6.92 Å². The van der Waals surface area contributed by atoms with E-state index in [0.717, 1.165) is 5.56 Å². The van der Waals surface area contributed by atoms with Crippen LogP contribution in [-0.2, 0) is 4.79 Å². The summed E-state index contributed by atoms with van der Waals surface area (Å²) in [6.07, 6.45) is -3.02. The predicted molar refractivity (Wildman–Crippen MR) is 61.2 cm³/mol. The van der Waals surface area contributed by atoms with Crippen molar-refractivity contribution in [3.05, 3.63) is 26.6 Å². The van der Waals surface area contributed by atoms with E-state index in [1.54, 1.807) is 12.1 Å². The number of hydrogen-bond acceptors (Lipinski definition) is 1. The van der Waals surface area contributed by atoms with Gasteiger partial charge in [0.2, 0.25) is 0 Å². The Labute approximate surface area is 102 Å². The van der Waals surface area contributed by atoms with Gasteiger partial charge in [0, 0.05) is 8.95 Å². The first kappa shape index (κ1) is 12.6. The van der Waals surface area contributed by atoms with Crippen molar-refractivity contribution in [2.24, 2.45) is 0 Å². The van der Waals surface area contributed by atoms with Crippen molar-refractivity contribution in [3.8, 4) is 0 Å². The van der Waals surface area contributed by atoms with Crippen LogP contribution < -0.4 is 5.32 Å². The molecule has 2 nitrogen and oxygen atoms in total. The molecule has 0 fully saturated rings. The number of carbonyl (C=O) groups excluding carboxylic acids is 1. The minimum Gasteiger partial charge on any atom is -0.319 e. The average molecular weight is 343 g/mol. The molecule has 0 aromatic heterocycles. The number of rotatable bonds is 2. The minimum atomic E-state index is -3.02. The molecule has 0 atom stereocenters. The van der Waals surface area contributed by atoms with E-state index >= 15 is 0 Å². The fourth-order valence-corrected chi connectivity index (χ4v) is 2.61. The second-order valence-corrected chi connectivity index (χ2v) is 4.60. The number of benzene rings is 1. The Kier molecular flexibility index (Phi) is 4.21. The Morgan fingerprint density at radius 2 is 1.80 bits per heavy atom. The highest BCUT2D eigenvalue weighted by molar-refractivity contribution is 9.11. The van der Waals surface area contributed by atoms with Crippen LogP contribution in [0.5, 0.6) is 0 Å². The lowest BCUT2D eigenvalue weighted by molar-refractivity contribution is -0.126. The number of hydrogen-bond donors (Lipinski definition) is 1. The van der Waals surface area contributed by atoms with Crippen molar-refractivity contribution in [3.63, 3.8) is 0 Å². The molecule has 0 radical (unpaired) electrons. The Balaban J connectivity index is 3.00. The molecule has 1 aromatic rings. The predicted octanol–water partition coefficient (Wildman–Crippen LogP) is 3.72. The third-order valence-corrected chi connectivity index (χ3v) is 2.88. The zero-order chi connectivity index (χ0) is 11.6. The van der Waals surface area contributed by atoms with Gasteiger partial charge in [-0.3, -0.25) is 4.79 Å². The van der Waals surface area contributed by atoms with Crippen molar-refractivity contribution < 1.29 is 13.6 Å². The van der Waals surface area contributed by atoms with Crippen LogP contribution in [0.3, 0.4) is 0 Å². The van der Waals surface area contributed by atoms with Crippen LogP contribution >= 0.6 is 31.9 Å². The highest BCUT2D eigenvalue weighted by Gasteiger charge is 2.17. The summed E-state index contributed by atoms with van der Waals surface area (Å²) in [5.74, 6) is -1.32. The maximum absolute atomic E-state index is 12.0. The quantitative estimate of drug-likeness (QED) is 0.871. The van der Waals surface area contributed by atoms with Gasteiger partial charge < -0.3 is 5.32 Å². The molecule has 6 heteroatoms. The monoisotopic (exact) mass is 341 g/mol. The van der Waals surface area contributed by atoms with Crippen molar-refractivity contribution in [2.45, 2.75) is 13.3 Å². The molecule has 0 aliphatic carbocycles. The van der Waals surface area contributed by atoms with Gasteiger partial charge in [0.1, 0.15) is 0 Å². The third kappa shape index (κ3) is 3.24. The average Bonchev–Trinajstić information content (AvgIpc) is 2.10. The molecule has 0 aliphatic rings. The summed E-state index contributed by atoms with van der Waals surface area (Å²) < 4.78 is 25.1. The smallest absolute Gasteiger partial charge is 0.315 e. The Bertz CT molecular complexity index is 373. The van der Waals surface area contributed by atoms with Gasteiger partial charge in [-0.05, 0) is 56.5 Å². The molecule has 0 heterocycles. The molecule has 0 saturated carbocycles. The summed E-state index contributed by atoms with van der Waals surface area (Å²) in [4.78, 5) is 10.8. The van der Waals surface area contributed by atoms with Crippen LogP contribution in [0.4, 0.5) is 14.5 Å². The molecule has 0 saturated heterocycles. The van der Waals surface area contributed by atoms with E-state index in [2.05, 4.69) is 37.2 Å². The van der Waals surface area contributed by atoms with Gasteiger partial charge in [0.15, 0.2) is 0 Å². The van der Waals surface area contributed by atoms with Gasteiger partial charge in [-0.2, -0.15) is 8.78 Å². The van der Waals surface area contributed by atoms with Crippen molar-refractivity contribution in [1.29, 1.82) is 0 Å². The molecule has 82 valence electrons. The van der Waals surface area contributed by atoms with E-state index in [0.29, 0.717) is 14.6 Å². The molecular formula is C9H7Br2F2NO. The normalized spacial score (nSPS) is 10.5. The van der Waals surface area contributed by atoms with Crippen LogP contribution in [-0.4, -0.2) is 12.3 Å². The topological polar surface area (TPSA) is 29.1 Å². The Morgan fingerprint density at radius 3 is 2.20 bits per heavy atom. The molecule has 0 spiro atoms. The number of aryl methyl sites for hydroxylation is 1. The summed E-state index contributed by atoms with van der Waals surface area (Å²) in [5.41, 5.74) is 1.26. The molecule has 1 aromatic carbocycles. The Hall–Kier alpha value is -0.490. The van der Waals surface area contributed by atoms with E-state index in [9.17, 15) is 13.6 Å². The molecule has 1 rings (SSSR count). The van der Waals surface area contributed by atoms with Gasteiger partial charge >= 0.3 is 6.43 Å². The number of anilines is 1. The number of amides is 1. The van der Waals surface area contributed by atoms with Crippen molar-refractivity contribution in [1.82, 2.24) is 0 Å².